The van der Waals surface area contributed by atoms with Gasteiger partial charge in [-0.05, 0) is 31.7 Å². The molecule has 0 aliphatic carbocycles. The summed E-state index contributed by atoms with van der Waals surface area (Å²) in [5.41, 5.74) is 0.481. The van der Waals surface area contributed by atoms with E-state index in [0.29, 0.717) is 5.41 Å². The van der Waals surface area contributed by atoms with Crippen LogP contribution >= 0.6 is 0 Å². The Morgan fingerprint density at radius 3 is 1.89 bits per heavy atom. The fraction of sp³-hybridized carbons (Fsp3) is 1.00. The van der Waals surface area contributed by atoms with Gasteiger partial charge in [0.2, 0.25) is 0 Å². The van der Waals surface area contributed by atoms with Gasteiger partial charge in [-0.2, -0.15) is 0 Å². The van der Waals surface area contributed by atoms with Gasteiger partial charge in [0, 0.05) is 6.04 Å². The van der Waals surface area contributed by atoms with Crippen molar-refractivity contribution in [3.05, 3.63) is 0 Å². The normalized spacial score (nSPS) is 13.8. The number of unbranched alkanes of at least 4 members (excludes halogenated alkanes) is 6. The number of hydrogen-bond donors (Lipinski definition) is 1. The third kappa shape index (κ3) is 12.4. The quantitative estimate of drug-likeness (QED) is 0.478. The van der Waals surface area contributed by atoms with Gasteiger partial charge < -0.3 is 5.32 Å². The first-order valence-electron chi connectivity index (χ1n) is 8.17. The zero-order chi connectivity index (χ0) is 13.9. The van der Waals surface area contributed by atoms with E-state index >= 15 is 0 Å². The summed E-state index contributed by atoms with van der Waals surface area (Å²) < 4.78 is 0. The fourth-order valence-electron chi connectivity index (χ4n) is 2.39. The van der Waals surface area contributed by atoms with Crippen molar-refractivity contribution in [1.29, 1.82) is 0 Å². The van der Waals surface area contributed by atoms with Crippen LogP contribution in [0.15, 0.2) is 0 Å². The number of hydrogen-bond acceptors (Lipinski definition) is 1. The highest BCUT2D eigenvalue weighted by Crippen LogP contribution is 2.23. The van der Waals surface area contributed by atoms with E-state index in [1.807, 2.05) is 0 Å². The zero-order valence-electron chi connectivity index (χ0n) is 13.6. The van der Waals surface area contributed by atoms with E-state index in [9.17, 15) is 0 Å². The molecule has 0 saturated heterocycles. The van der Waals surface area contributed by atoms with Gasteiger partial charge in [0.1, 0.15) is 0 Å². The summed E-state index contributed by atoms with van der Waals surface area (Å²) in [4.78, 5) is 0. The first-order chi connectivity index (χ1) is 8.49. The Balaban J connectivity index is 3.44. The Bertz CT molecular complexity index is 169. The lowest BCUT2D eigenvalue weighted by Crippen LogP contribution is -2.26. The van der Waals surface area contributed by atoms with Crippen molar-refractivity contribution < 1.29 is 0 Å². The summed E-state index contributed by atoms with van der Waals surface area (Å²) >= 11 is 0. The van der Waals surface area contributed by atoms with Crippen molar-refractivity contribution >= 4 is 0 Å². The SMILES string of the molecule is CCCCCCCCCC(CCC(C)(C)C)NC. The van der Waals surface area contributed by atoms with Crippen LogP contribution in [0, 0.1) is 5.41 Å². The van der Waals surface area contributed by atoms with Gasteiger partial charge in [0.25, 0.3) is 0 Å². The van der Waals surface area contributed by atoms with E-state index in [0.717, 1.165) is 6.04 Å². The highest BCUT2D eigenvalue weighted by atomic mass is 14.9. The second kappa shape index (κ2) is 10.8. The predicted molar refractivity (Wildman–Crippen MR) is 84.1 cm³/mol. The molecule has 110 valence electrons. The maximum atomic E-state index is 3.49. The van der Waals surface area contributed by atoms with E-state index in [-0.39, 0.29) is 0 Å². The topological polar surface area (TPSA) is 12.0 Å². The molecule has 1 nitrogen and oxygen atoms in total. The molecule has 0 radical (unpaired) electrons. The molecule has 1 N–H and O–H groups in total. The molecule has 0 aliphatic heterocycles. The molecule has 1 atom stereocenters. The molecule has 0 aliphatic rings. The van der Waals surface area contributed by atoms with Gasteiger partial charge >= 0.3 is 0 Å². The van der Waals surface area contributed by atoms with E-state index < -0.39 is 0 Å². The predicted octanol–water partition coefficient (Wildman–Crippen LogP) is 5.54. The molecule has 0 heterocycles. The largest absolute Gasteiger partial charge is 0.317 e. The van der Waals surface area contributed by atoms with Crippen molar-refractivity contribution in [2.24, 2.45) is 5.41 Å². The zero-order valence-corrected chi connectivity index (χ0v) is 13.6. The highest BCUT2D eigenvalue weighted by Gasteiger charge is 2.13. The average Bonchev–Trinajstić information content (AvgIpc) is 2.30. The van der Waals surface area contributed by atoms with Crippen molar-refractivity contribution in [1.82, 2.24) is 5.32 Å². The summed E-state index contributed by atoms with van der Waals surface area (Å²) in [7, 11) is 2.12. The number of rotatable bonds is 11. The Labute approximate surface area is 116 Å². The third-order valence-corrected chi connectivity index (χ3v) is 3.81. The van der Waals surface area contributed by atoms with Crippen molar-refractivity contribution in [3.63, 3.8) is 0 Å². The Hall–Kier alpha value is -0.0400. The monoisotopic (exact) mass is 255 g/mol. The molecular formula is C17H37N. The van der Waals surface area contributed by atoms with Crippen LogP contribution in [-0.4, -0.2) is 13.1 Å². The van der Waals surface area contributed by atoms with Crippen molar-refractivity contribution in [3.8, 4) is 0 Å². The van der Waals surface area contributed by atoms with Crippen LogP contribution in [-0.2, 0) is 0 Å². The maximum Gasteiger partial charge on any atom is 0.00642 e. The molecule has 18 heavy (non-hydrogen) atoms. The molecular weight excluding hydrogens is 218 g/mol. The molecule has 1 heteroatoms. The minimum absolute atomic E-state index is 0.481. The van der Waals surface area contributed by atoms with Crippen LogP contribution < -0.4 is 5.32 Å². The van der Waals surface area contributed by atoms with Crippen LogP contribution in [0.4, 0.5) is 0 Å². The lowest BCUT2D eigenvalue weighted by Gasteiger charge is -2.23. The Kier molecular flexibility index (Phi) is 10.8. The summed E-state index contributed by atoms with van der Waals surface area (Å²) in [6.45, 7) is 9.31. The van der Waals surface area contributed by atoms with Gasteiger partial charge in [0.05, 0.1) is 0 Å². The second-order valence-electron chi connectivity index (χ2n) is 6.99. The van der Waals surface area contributed by atoms with Crippen LogP contribution in [0.5, 0.6) is 0 Å². The lowest BCUT2D eigenvalue weighted by molar-refractivity contribution is 0.325. The van der Waals surface area contributed by atoms with Crippen molar-refractivity contribution in [2.75, 3.05) is 7.05 Å². The Morgan fingerprint density at radius 1 is 0.833 bits per heavy atom. The van der Waals surface area contributed by atoms with Gasteiger partial charge in [0.15, 0.2) is 0 Å². The molecule has 0 aromatic carbocycles. The van der Waals surface area contributed by atoms with Gasteiger partial charge in [-0.15, -0.1) is 0 Å². The second-order valence-corrected chi connectivity index (χ2v) is 6.99. The molecule has 0 rings (SSSR count). The average molecular weight is 255 g/mol. The smallest absolute Gasteiger partial charge is 0.00642 e. The third-order valence-electron chi connectivity index (χ3n) is 3.81. The molecule has 0 bridgehead atoms. The molecule has 0 spiro atoms. The van der Waals surface area contributed by atoms with Gasteiger partial charge in [-0.25, -0.2) is 0 Å². The fourth-order valence-corrected chi connectivity index (χ4v) is 2.39. The van der Waals surface area contributed by atoms with E-state index in [4.69, 9.17) is 0 Å². The summed E-state index contributed by atoms with van der Waals surface area (Å²) in [6, 6.07) is 0.736. The van der Waals surface area contributed by atoms with Crippen LogP contribution in [0.25, 0.3) is 0 Å². The molecule has 1 unspecified atom stereocenters. The van der Waals surface area contributed by atoms with E-state index in [1.54, 1.807) is 0 Å². The van der Waals surface area contributed by atoms with E-state index in [1.165, 1.54) is 64.2 Å². The minimum atomic E-state index is 0.481. The molecule has 0 amide bonds. The first-order valence-corrected chi connectivity index (χ1v) is 8.17. The molecule has 0 saturated carbocycles. The first kappa shape index (κ1) is 18.0. The summed E-state index contributed by atoms with van der Waals surface area (Å²) in [5, 5.41) is 3.49. The van der Waals surface area contributed by atoms with E-state index in [2.05, 4.69) is 40.1 Å². The molecule has 0 aromatic rings. The van der Waals surface area contributed by atoms with Crippen molar-refractivity contribution in [2.45, 2.75) is 97.9 Å². The summed E-state index contributed by atoms with van der Waals surface area (Å²) in [5.74, 6) is 0. The molecule has 0 aromatic heterocycles. The maximum absolute atomic E-state index is 3.49. The minimum Gasteiger partial charge on any atom is -0.317 e. The van der Waals surface area contributed by atoms with Gasteiger partial charge in [-0.1, -0.05) is 72.6 Å². The van der Waals surface area contributed by atoms with Crippen LogP contribution in [0.1, 0.15) is 91.9 Å². The standard InChI is InChI=1S/C17H37N/c1-6-7-8-9-10-11-12-13-16(18-5)14-15-17(2,3)4/h16,18H,6-15H2,1-5H3. The highest BCUT2D eigenvalue weighted by molar-refractivity contribution is 4.70. The Morgan fingerprint density at radius 2 is 1.39 bits per heavy atom. The van der Waals surface area contributed by atoms with Gasteiger partial charge in [-0.3, -0.25) is 0 Å². The van der Waals surface area contributed by atoms with Crippen LogP contribution in [0.2, 0.25) is 0 Å². The lowest BCUT2D eigenvalue weighted by atomic mass is 9.87. The van der Waals surface area contributed by atoms with Crippen LogP contribution in [0.3, 0.4) is 0 Å². The summed E-state index contributed by atoms with van der Waals surface area (Å²) in [6.07, 6.45) is 14.0. The number of nitrogens with one attached hydrogen (secondary N) is 1. The molecule has 0 fully saturated rings.